The van der Waals surface area contributed by atoms with E-state index in [2.05, 4.69) is 41.3 Å². The predicted octanol–water partition coefficient (Wildman–Crippen LogP) is 3.80. The maximum absolute atomic E-state index is 12.4. The largest absolute Gasteiger partial charge is 0.318 e. The van der Waals surface area contributed by atoms with Crippen LogP contribution in [0.4, 0.5) is 5.69 Å². The predicted molar refractivity (Wildman–Crippen MR) is 102 cm³/mol. The van der Waals surface area contributed by atoms with Gasteiger partial charge in [0.2, 0.25) is 0 Å². The number of thiazole rings is 1. The topological polar surface area (TPSA) is 85.6 Å². The van der Waals surface area contributed by atoms with Gasteiger partial charge in [0.15, 0.2) is 10.8 Å². The highest BCUT2D eigenvalue weighted by Gasteiger charge is 2.14. The highest BCUT2D eigenvalue weighted by Crippen LogP contribution is 2.22. The van der Waals surface area contributed by atoms with Crippen LogP contribution in [-0.4, -0.2) is 30.6 Å². The fourth-order valence-electron chi connectivity index (χ4n) is 2.24. The van der Waals surface area contributed by atoms with Gasteiger partial charge in [0.05, 0.1) is 23.8 Å². The lowest BCUT2D eigenvalue weighted by Crippen LogP contribution is -2.11. The molecule has 4 aromatic rings. The summed E-state index contributed by atoms with van der Waals surface area (Å²) in [4.78, 5) is 25.0. The van der Waals surface area contributed by atoms with Crippen molar-refractivity contribution in [2.75, 3.05) is 5.32 Å². The van der Waals surface area contributed by atoms with Gasteiger partial charge in [-0.1, -0.05) is 12.1 Å². The van der Waals surface area contributed by atoms with Crippen LogP contribution in [0.5, 0.6) is 0 Å². The first-order valence-corrected chi connectivity index (χ1v) is 9.22. The number of para-hydroxylation sites is 1. The lowest BCUT2D eigenvalue weighted by Gasteiger charge is -2.03. The third-order valence-corrected chi connectivity index (χ3v) is 4.94. The Morgan fingerprint density at radius 3 is 2.77 bits per heavy atom. The summed E-state index contributed by atoms with van der Waals surface area (Å²) < 4.78 is 2.59. The molecule has 1 amide bonds. The summed E-state index contributed by atoms with van der Waals surface area (Å²) in [6.45, 7) is 0. The van der Waals surface area contributed by atoms with E-state index in [4.69, 9.17) is 0 Å². The molecule has 0 spiro atoms. The molecule has 0 radical (unpaired) electrons. The molecule has 7 nitrogen and oxygen atoms in total. The van der Waals surface area contributed by atoms with Crippen LogP contribution < -0.4 is 5.32 Å². The molecule has 0 fully saturated rings. The Balaban J connectivity index is 1.51. The van der Waals surface area contributed by atoms with Crippen molar-refractivity contribution >= 4 is 38.9 Å². The van der Waals surface area contributed by atoms with Crippen LogP contribution in [0, 0.1) is 0 Å². The molecule has 26 heavy (non-hydrogen) atoms. The van der Waals surface area contributed by atoms with Gasteiger partial charge >= 0.3 is 0 Å². The molecule has 4 rings (SSSR count). The molecule has 0 saturated carbocycles. The number of amides is 1. The van der Waals surface area contributed by atoms with Gasteiger partial charge in [-0.2, -0.15) is 5.10 Å². The number of hydrogen-bond acceptors (Lipinski definition) is 6. The molecule has 0 aliphatic rings. The molecule has 0 bridgehead atoms. The number of aromatic nitrogens is 5. The first kappa shape index (κ1) is 16.6. The lowest BCUT2D eigenvalue weighted by molar-refractivity contribution is 0.102. The second-order valence-electron chi connectivity index (χ2n) is 5.19. The number of halogens is 1. The van der Waals surface area contributed by atoms with E-state index in [1.165, 1.54) is 11.3 Å². The molecule has 0 saturated heterocycles. The quantitative estimate of drug-likeness (QED) is 0.536. The molecule has 0 aliphatic carbocycles. The number of nitrogens with one attached hydrogen (secondary N) is 1. The average Bonchev–Trinajstić information content (AvgIpc) is 3.33. The SMILES string of the molecule is O=C(Nc1cnn(-c2ccccc2Br)c1)c1csc(-c2ncccn2)n1. The number of carbonyl (C=O) groups is 1. The fourth-order valence-corrected chi connectivity index (χ4v) is 3.45. The average molecular weight is 427 g/mol. The van der Waals surface area contributed by atoms with Gasteiger partial charge in [-0.3, -0.25) is 4.79 Å². The Morgan fingerprint density at radius 2 is 1.96 bits per heavy atom. The summed E-state index contributed by atoms with van der Waals surface area (Å²) in [5, 5.41) is 9.36. The highest BCUT2D eigenvalue weighted by molar-refractivity contribution is 9.10. The monoisotopic (exact) mass is 426 g/mol. The smallest absolute Gasteiger partial charge is 0.275 e. The maximum atomic E-state index is 12.4. The third kappa shape index (κ3) is 3.39. The molecule has 128 valence electrons. The highest BCUT2D eigenvalue weighted by atomic mass is 79.9. The molecule has 3 heterocycles. The van der Waals surface area contributed by atoms with Crippen molar-refractivity contribution in [2.45, 2.75) is 0 Å². The van der Waals surface area contributed by atoms with Crippen LogP contribution in [0.1, 0.15) is 10.5 Å². The molecular formula is C17H11BrN6OS. The first-order chi connectivity index (χ1) is 12.7. The molecule has 0 aliphatic heterocycles. The number of nitrogens with zero attached hydrogens (tertiary/aromatic N) is 5. The minimum Gasteiger partial charge on any atom is -0.318 e. The van der Waals surface area contributed by atoms with Gasteiger partial charge in [0.25, 0.3) is 5.91 Å². The summed E-state index contributed by atoms with van der Waals surface area (Å²) in [6.07, 6.45) is 6.61. The molecule has 1 N–H and O–H groups in total. The van der Waals surface area contributed by atoms with Crippen LogP contribution in [-0.2, 0) is 0 Å². The van der Waals surface area contributed by atoms with E-state index >= 15 is 0 Å². The second kappa shape index (κ2) is 7.14. The van der Waals surface area contributed by atoms with Crippen molar-refractivity contribution in [1.82, 2.24) is 24.7 Å². The van der Waals surface area contributed by atoms with Crippen molar-refractivity contribution in [1.29, 1.82) is 0 Å². The lowest BCUT2D eigenvalue weighted by atomic mass is 10.3. The van der Waals surface area contributed by atoms with E-state index in [1.807, 2.05) is 24.3 Å². The number of carbonyl (C=O) groups excluding carboxylic acids is 1. The molecule has 3 aromatic heterocycles. The Hall–Kier alpha value is -2.91. The summed E-state index contributed by atoms with van der Waals surface area (Å²) in [7, 11) is 0. The standard InChI is InChI=1S/C17H11BrN6OS/c18-12-4-1-2-5-14(12)24-9-11(8-21-24)22-16(25)13-10-26-17(23-13)15-19-6-3-7-20-15/h1-10H,(H,22,25). The third-order valence-electron chi connectivity index (χ3n) is 3.43. The van der Waals surface area contributed by atoms with Gasteiger partial charge in [0.1, 0.15) is 5.69 Å². The molecule has 1 aromatic carbocycles. The van der Waals surface area contributed by atoms with Gasteiger partial charge in [0, 0.05) is 22.2 Å². The van der Waals surface area contributed by atoms with Gasteiger partial charge in [-0.25, -0.2) is 19.6 Å². The van der Waals surface area contributed by atoms with E-state index in [9.17, 15) is 4.79 Å². The van der Waals surface area contributed by atoms with E-state index < -0.39 is 0 Å². The zero-order valence-electron chi connectivity index (χ0n) is 13.2. The number of hydrogen-bond donors (Lipinski definition) is 1. The minimum absolute atomic E-state index is 0.310. The maximum Gasteiger partial charge on any atom is 0.275 e. The first-order valence-electron chi connectivity index (χ1n) is 7.54. The van der Waals surface area contributed by atoms with Crippen LogP contribution >= 0.6 is 27.3 Å². The molecule has 0 unspecified atom stereocenters. The zero-order valence-corrected chi connectivity index (χ0v) is 15.6. The number of rotatable bonds is 4. The summed E-state index contributed by atoms with van der Waals surface area (Å²) >= 11 is 4.81. The minimum atomic E-state index is -0.310. The van der Waals surface area contributed by atoms with E-state index in [0.29, 0.717) is 22.2 Å². The number of anilines is 1. The van der Waals surface area contributed by atoms with Crippen molar-refractivity contribution in [2.24, 2.45) is 0 Å². The second-order valence-corrected chi connectivity index (χ2v) is 6.90. The van der Waals surface area contributed by atoms with Crippen LogP contribution in [0.3, 0.4) is 0 Å². The van der Waals surface area contributed by atoms with Crippen molar-refractivity contribution in [3.63, 3.8) is 0 Å². The van der Waals surface area contributed by atoms with Gasteiger partial charge < -0.3 is 5.32 Å². The Morgan fingerprint density at radius 1 is 1.15 bits per heavy atom. The molecule has 0 atom stereocenters. The van der Waals surface area contributed by atoms with Crippen molar-refractivity contribution in [3.8, 4) is 16.5 Å². The normalized spacial score (nSPS) is 10.7. The summed E-state index contributed by atoms with van der Waals surface area (Å²) in [5.41, 5.74) is 1.77. The molecule has 9 heteroatoms. The van der Waals surface area contributed by atoms with E-state index in [-0.39, 0.29) is 5.91 Å². The Bertz CT molecular complexity index is 1060. The van der Waals surface area contributed by atoms with Crippen molar-refractivity contribution in [3.05, 3.63) is 70.7 Å². The van der Waals surface area contributed by atoms with Gasteiger partial charge in [-0.05, 0) is 34.1 Å². The van der Waals surface area contributed by atoms with Crippen LogP contribution in [0.15, 0.2) is 65.0 Å². The van der Waals surface area contributed by atoms with Crippen LogP contribution in [0.2, 0.25) is 0 Å². The van der Waals surface area contributed by atoms with Gasteiger partial charge in [-0.15, -0.1) is 11.3 Å². The fraction of sp³-hybridized carbons (Fsp3) is 0. The van der Waals surface area contributed by atoms with E-state index in [1.54, 1.807) is 40.9 Å². The number of benzene rings is 1. The Labute approximate surface area is 160 Å². The Kier molecular flexibility index (Phi) is 4.55. The summed E-state index contributed by atoms with van der Waals surface area (Å²) in [6, 6.07) is 9.43. The molecular weight excluding hydrogens is 416 g/mol. The summed E-state index contributed by atoms with van der Waals surface area (Å²) in [5.74, 6) is 0.188. The van der Waals surface area contributed by atoms with Crippen LogP contribution in [0.25, 0.3) is 16.5 Å². The van der Waals surface area contributed by atoms with E-state index in [0.717, 1.165) is 10.2 Å². The zero-order chi connectivity index (χ0) is 17.9. The van der Waals surface area contributed by atoms with Crippen molar-refractivity contribution < 1.29 is 4.79 Å².